The van der Waals surface area contributed by atoms with Crippen LogP contribution in [-0.2, 0) is 6.42 Å². The Morgan fingerprint density at radius 2 is 2.27 bits per heavy atom. The molecule has 0 bridgehead atoms. The van der Waals surface area contributed by atoms with Crippen molar-refractivity contribution in [1.82, 2.24) is 0 Å². The number of carbonyl (C=O) groups is 1. The van der Waals surface area contributed by atoms with Gasteiger partial charge in [-0.2, -0.15) is 0 Å². The van der Waals surface area contributed by atoms with Crippen molar-refractivity contribution in [3.8, 4) is 0 Å². The van der Waals surface area contributed by atoms with Crippen LogP contribution in [0.4, 0.5) is 0 Å². The second-order valence-corrected chi connectivity index (χ2v) is 4.43. The summed E-state index contributed by atoms with van der Waals surface area (Å²) in [4.78, 5) is 12.4. The van der Waals surface area contributed by atoms with Gasteiger partial charge in [-0.25, -0.2) is 0 Å². The minimum Gasteiger partial charge on any atom is -0.294 e. The molecule has 0 spiro atoms. The molecule has 1 heterocycles. The summed E-state index contributed by atoms with van der Waals surface area (Å²) in [5.41, 5.74) is 0.867. The molecule has 1 aromatic rings. The molecule has 0 fully saturated rings. The van der Waals surface area contributed by atoms with E-state index in [1.807, 2.05) is 0 Å². The van der Waals surface area contributed by atoms with Crippen molar-refractivity contribution in [2.24, 2.45) is 0 Å². The Morgan fingerprint density at radius 1 is 1.45 bits per heavy atom. The maximum atomic E-state index is 11.2. The Labute approximate surface area is 74.0 Å². The van der Waals surface area contributed by atoms with E-state index in [4.69, 9.17) is 11.6 Å². The van der Waals surface area contributed by atoms with E-state index in [-0.39, 0.29) is 5.78 Å². The van der Waals surface area contributed by atoms with E-state index in [0.717, 1.165) is 22.7 Å². The van der Waals surface area contributed by atoms with Crippen LogP contribution in [0.3, 0.4) is 0 Å². The fourth-order valence-electron chi connectivity index (χ4n) is 1.36. The fourth-order valence-corrected chi connectivity index (χ4v) is 2.69. The van der Waals surface area contributed by atoms with E-state index in [1.54, 1.807) is 6.07 Å². The first kappa shape index (κ1) is 7.32. The van der Waals surface area contributed by atoms with E-state index in [1.165, 1.54) is 16.2 Å². The molecule has 58 valence electrons. The van der Waals surface area contributed by atoms with Gasteiger partial charge < -0.3 is 0 Å². The minimum atomic E-state index is 0.259. The molecule has 0 saturated heterocycles. The number of hydrogen-bond acceptors (Lipinski definition) is 2. The molecule has 1 nitrogen and oxygen atoms in total. The second kappa shape index (κ2) is 2.61. The lowest BCUT2D eigenvalue weighted by Crippen LogP contribution is -2.06. The summed E-state index contributed by atoms with van der Waals surface area (Å²) < 4.78 is 0.741. The fraction of sp³-hybridized carbons (Fsp3) is 0.375. The molecule has 0 amide bonds. The molecule has 11 heavy (non-hydrogen) atoms. The standard InChI is InChI=1S/C8H7ClOS/c9-8-4-5-6(10)2-1-3-7(5)11-8/h4H,1-3H2. The summed E-state index contributed by atoms with van der Waals surface area (Å²) in [7, 11) is 0. The van der Waals surface area contributed by atoms with Gasteiger partial charge in [-0.3, -0.25) is 4.79 Å². The van der Waals surface area contributed by atoms with Crippen LogP contribution in [0.15, 0.2) is 6.07 Å². The van der Waals surface area contributed by atoms with Crippen molar-refractivity contribution in [2.45, 2.75) is 19.3 Å². The third kappa shape index (κ3) is 1.21. The highest BCUT2D eigenvalue weighted by molar-refractivity contribution is 7.16. The van der Waals surface area contributed by atoms with Crippen molar-refractivity contribution in [2.75, 3.05) is 0 Å². The van der Waals surface area contributed by atoms with Crippen LogP contribution in [0.5, 0.6) is 0 Å². The van der Waals surface area contributed by atoms with Crippen molar-refractivity contribution in [3.63, 3.8) is 0 Å². The average Bonchev–Trinajstić information content (AvgIpc) is 2.31. The zero-order valence-corrected chi connectivity index (χ0v) is 7.47. The van der Waals surface area contributed by atoms with E-state index in [2.05, 4.69) is 0 Å². The first-order valence-electron chi connectivity index (χ1n) is 3.59. The monoisotopic (exact) mass is 186 g/mol. The number of halogens is 1. The first-order chi connectivity index (χ1) is 5.27. The number of Topliss-reactive ketones (excluding diaryl/α,β-unsaturated/α-hetero) is 1. The molecule has 2 rings (SSSR count). The molecule has 0 unspecified atom stereocenters. The normalized spacial score (nSPS) is 16.6. The highest BCUT2D eigenvalue weighted by Crippen LogP contribution is 2.32. The van der Waals surface area contributed by atoms with Gasteiger partial charge in [0.25, 0.3) is 0 Å². The summed E-state index contributed by atoms with van der Waals surface area (Å²) in [5, 5.41) is 0. The molecule has 1 aliphatic rings. The van der Waals surface area contributed by atoms with Crippen molar-refractivity contribution < 1.29 is 4.79 Å². The molecule has 0 atom stereocenters. The second-order valence-electron chi connectivity index (χ2n) is 2.66. The van der Waals surface area contributed by atoms with Crippen molar-refractivity contribution >= 4 is 28.7 Å². The molecule has 0 aromatic carbocycles. The van der Waals surface area contributed by atoms with Crippen LogP contribution in [0.25, 0.3) is 0 Å². The predicted octanol–water partition coefficient (Wildman–Crippen LogP) is 2.92. The Balaban J connectivity index is 2.52. The maximum Gasteiger partial charge on any atom is 0.164 e. The number of hydrogen-bond donors (Lipinski definition) is 0. The van der Waals surface area contributed by atoms with E-state index >= 15 is 0 Å². The van der Waals surface area contributed by atoms with Crippen LogP contribution in [0, 0.1) is 0 Å². The van der Waals surface area contributed by atoms with Crippen LogP contribution in [0.2, 0.25) is 4.34 Å². The van der Waals surface area contributed by atoms with Gasteiger partial charge in [0.15, 0.2) is 5.78 Å². The number of aryl methyl sites for hydroxylation is 1. The highest BCUT2D eigenvalue weighted by Gasteiger charge is 2.19. The number of ketones is 1. The average molecular weight is 187 g/mol. The number of rotatable bonds is 0. The lowest BCUT2D eigenvalue weighted by molar-refractivity contribution is 0.0973. The van der Waals surface area contributed by atoms with E-state index < -0.39 is 0 Å². The Hall–Kier alpha value is -0.340. The summed E-state index contributed by atoms with van der Waals surface area (Å²) in [6, 6.07) is 1.79. The largest absolute Gasteiger partial charge is 0.294 e. The molecule has 1 aliphatic carbocycles. The lowest BCUT2D eigenvalue weighted by Gasteiger charge is -2.07. The minimum absolute atomic E-state index is 0.259. The van der Waals surface area contributed by atoms with Crippen LogP contribution >= 0.6 is 22.9 Å². The molecular weight excluding hydrogens is 180 g/mol. The van der Waals surface area contributed by atoms with Crippen molar-refractivity contribution in [3.05, 3.63) is 20.8 Å². The molecule has 0 saturated carbocycles. The first-order valence-corrected chi connectivity index (χ1v) is 4.78. The van der Waals surface area contributed by atoms with Crippen LogP contribution < -0.4 is 0 Å². The molecule has 0 aliphatic heterocycles. The van der Waals surface area contributed by atoms with Crippen LogP contribution in [0.1, 0.15) is 28.1 Å². The maximum absolute atomic E-state index is 11.2. The van der Waals surface area contributed by atoms with Gasteiger partial charge in [-0.1, -0.05) is 11.6 Å². The zero-order chi connectivity index (χ0) is 7.84. The van der Waals surface area contributed by atoms with Gasteiger partial charge in [-0.05, 0) is 18.9 Å². The molecular formula is C8H7ClOS. The Bertz CT molecular complexity index is 303. The highest BCUT2D eigenvalue weighted by atomic mass is 35.5. The van der Waals surface area contributed by atoms with Gasteiger partial charge in [0.2, 0.25) is 0 Å². The summed E-state index contributed by atoms with van der Waals surface area (Å²) >= 11 is 7.32. The van der Waals surface area contributed by atoms with Crippen molar-refractivity contribution in [1.29, 1.82) is 0 Å². The molecule has 3 heteroatoms. The Morgan fingerprint density at radius 3 is 3.00 bits per heavy atom. The van der Waals surface area contributed by atoms with Gasteiger partial charge in [-0.15, -0.1) is 11.3 Å². The van der Waals surface area contributed by atoms with Crippen LogP contribution in [-0.4, -0.2) is 5.78 Å². The third-order valence-corrected chi connectivity index (χ3v) is 3.21. The van der Waals surface area contributed by atoms with Gasteiger partial charge in [0, 0.05) is 16.9 Å². The quantitative estimate of drug-likeness (QED) is 0.609. The topological polar surface area (TPSA) is 17.1 Å². The van der Waals surface area contributed by atoms with Gasteiger partial charge >= 0.3 is 0 Å². The molecule has 0 N–H and O–H groups in total. The predicted molar refractivity (Wildman–Crippen MR) is 46.6 cm³/mol. The Kier molecular flexibility index (Phi) is 1.74. The third-order valence-electron chi connectivity index (χ3n) is 1.89. The smallest absolute Gasteiger partial charge is 0.164 e. The van der Waals surface area contributed by atoms with E-state index in [0.29, 0.717) is 6.42 Å². The lowest BCUT2D eigenvalue weighted by atomic mass is 9.98. The van der Waals surface area contributed by atoms with Gasteiger partial charge in [0.05, 0.1) is 4.34 Å². The number of fused-ring (bicyclic) bond motifs is 1. The summed E-state index contributed by atoms with van der Waals surface area (Å²) in [5.74, 6) is 0.259. The molecule has 0 radical (unpaired) electrons. The summed E-state index contributed by atoms with van der Waals surface area (Å²) in [6.45, 7) is 0. The van der Waals surface area contributed by atoms with Gasteiger partial charge in [0.1, 0.15) is 0 Å². The zero-order valence-electron chi connectivity index (χ0n) is 5.89. The SMILES string of the molecule is O=C1CCCc2sc(Cl)cc21. The summed E-state index contributed by atoms with van der Waals surface area (Å²) in [6.07, 6.45) is 2.71. The molecule has 1 aromatic heterocycles. The number of thiophene rings is 1. The number of carbonyl (C=O) groups excluding carboxylic acids is 1. The van der Waals surface area contributed by atoms with E-state index in [9.17, 15) is 4.79 Å².